The lowest BCUT2D eigenvalue weighted by Crippen LogP contribution is -1.97. The van der Waals surface area contributed by atoms with Crippen LogP contribution in [0.3, 0.4) is 0 Å². The molecule has 0 aliphatic heterocycles. The van der Waals surface area contributed by atoms with Crippen LogP contribution in [0.1, 0.15) is 50.9 Å². The van der Waals surface area contributed by atoms with Crippen LogP contribution in [0.15, 0.2) is 24.3 Å². The van der Waals surface area contributed by atoms with E-state index >= 15 is 0 Å². The lowest BCUT2D eigenvalue weighted by atomic mass is 10.1. The van der Waals surface area contributed by atoms with E-state index in [1.54, 1.807) is 0 Å². The molecule has 0 aliphatic carbocycles. The second kappa shape index (κ2) is 4.16. The van der Waals surface area contributed by atoms with Gasteiger partial charge in [-0.3, -0.25) is 0 Å². The summed E-state index contributed by atoms with van der Waals surface area (Å²) in [5, 5.41) is 2.66. The molecular formula is C17H22N2. The summed E-state index contributed by atoms with van der Waals surface area (Å²) in [6.07, 6.45) is 0. The molecule has 0 aliphatic rings. The highest BCUT2D eigenvalue weighted by atomic mass is 15.0. The maximum Gasteiger partial charge on any atom is 0.0551 e. The summed E-state index contributed by atoms with van der Waals surface area (Å²) in [5.41, 5.74) is 5.30. The van der Waals surface area contributed by atoms with E-state index in [-0.39, 0.29) is 0 Å². The predicted molar refractivity (Wildman–Crippen MR) is 83.0 cm³/mol. The number of hydrogen-bond acceptors (Lipinski definition) is 0. The Bertz CT molecular complexity index is 741. The SMILES string of the molecule is CC(C)c1cc2ccc3c(cc(C(C)C)n3C)c2[nH]1. The van der Waals surface area contributed by atoms with Gasteiger partial charge in [0.05, 0.1) is 11.0 Å². The highest BCUT2D eigenvalue weighted by molar-refractivity contribution is 6.05. The van der Waals surface area contributed by atoms with Crippen LogP contribution in [-0.4, -0.2) is 9.55 Å². The molecule has 2 heteroatoms. The molecule has 3 rings (SSSR count). The number of benzene rings is 1. The van der Waals surface area contributed by atoms with Gasteiger partial charge in [0.15, 0.2) is 0 Å². The molecule has 3 aromatic rings. The molecule has 0 amide bonds. The summed E-state index contributed by atoms with van der Waals surface area (Å²) in [7, 11) is 2.16. The Hall–Kier alpha value is -1.70. The Morgan fingerprint density at radius 1 is 1.00 bits per heavy atom. The van der Waals surface area contributed by atoms with Crippen molar-refractivity contribution in [3.8, 4) is 0 Å². The van der Waals surface area contributed by atoms with Crippen LogP contribution in [-0.2, 0) is 7.05 Å². The third-order valence-electron chi connectivity index (χ3n) is 4.09. The largest absolute Gasteiger partial charge is 0.358 e. The van der Waals surface area contributed by atoms with E-state index in [1.165, 1.54) is 33.2 Å². The fourth-order valence-corrected chi connectivity index (χ4v) is 2.92. The van der Waals surface area contributed by atoms with Crippen LogP contribution in [0.2, 0.25) is 0 Å². The fraction of sp³-hybridized carbons (Fsp3) is 0.412. The van der Waals surface area contributed by atoms with Gasteiger partial charge in [-0.15, -0.1) is 0 Å². The lowest BCUT2D eigenvalue weighted by molar-refractivity contribution is 0.755. The molecule has 0 spiro atoms. The predicted octanol–water partition coefficient (Wildman–Crippen LogP) is 4.91. The number of rotatable bonds is 2. The second-order valence-corrected chi connectivity index (χ2v) is 6.12. The van der Waals surface area contributed by atoms with Gasteiger partial charge in [-0.2, -0.15) is 0 Å². The molecule has 2 nitrogen and oxygen atoms in total. The zero-order chi connectivity index (χ0) is 13.7. The van der Waals surface area contributed by atoms with Crippen molar-refractivity contribution >= 4 is 21.8 Å². The molecule has 2 heterocycles. The molecule has 19 heavy (non-hydrogen) atoms. The number of aromatic nitrogens is 2. The number of H-pyrrole nitrogens is 1. The van der Waals surface area contributed by atoms with Gasteiger partial charge in [0.1, 0.15) is 0 Å². The van der Waals surface area contributed by atoms with E-state index in [0.29, 0.717) is 11.8 Å². The molecule has 0 unspecified atom stereocenters. The molecule has 2 aromatic heterocycles. The number of nitrogens with zero attached hydrogens (tertiary/aromatic N) is 1. The Morgan fingerprint density at radius 2 is 1.74 bits per heavy atom. The first kappa shape index (κ1) is 12.3. The van der Waals surface area contributed by atoms with E-state index in [4.69, 9.17) is 0 Å². The van der Waals surface area contributed by atoms with Crippen LogP contribution < -0.4 is 0 Å². The van der Waals surface area contributed by atoms with Crippen molar-refractivity contribution in [2.24, 2.45) is 7.05 Å². The molecule has 0 radical (unpaired) electrons. The smallest absolute Gasteiger partial charge is 0.0551 e. The number of aromatic amines is 1. The summed E-state index contributed by atoms with van der Waals surface area (Å²) in [5.74, 6) is 1.09. The third kappa shape index (κ3) is 1.78. The molecule has 0 bridgehead atoms. The zero-order valence-electron chi connectivity index (χ0n) is 12.4. The molecule has 0 fully saturated rings. The van der Waals surface area contributed by atoms with Gasteiger partial charge >= 0.3 is 0 Å². The second-order valence-electron chi connectivity index (χ2n) is 6.12. The van der Waals surface area contributed by atoms with Crippen molar-refractivity contribution in [2.45, 2.75) is 39.5 Å². The Kier molecular flexibility index (Phi) is 2.70. The van der Waals surface area contributed by atoms with Crippen LogP contribution in [0, 0.1) is 0 Å². The van der Waals surface area contributed by atoms with E-state index in [2.05, 4.69) is 68.6 Å². The Labute approximate surface area is 114 Å². The molecule has 0 atom stereocenters. The first-order valence-electron chi connectivity index (χ1n) is 7.10. The standard InChI is InChI=1S/C17H22N2/c1-10(2)14-8-12-6-7-15-13(17(12)18-14)9-16(11(3)4)19(15)5/h6-11,18H,1-5H3. The van der Waals surface area contributed by atoms with Crippen molar-refractivity contribution in [3.05, 3.63) is 35.7 Å². The van der Waals surface area contributed by atoms with Crippen LogP contribution in [0.4, 0.5) is 0 Å². The van der Waals surface area contributed by atoms with Crippen molar-refractivity contribution in [3.63, 3.8) is 0 Å². The number of fused-ring (bicyclic) bond motifs is 3. The van der Waals surface area contributed by atoms with E-state index in [9.17, 15) is 0 Å². The molecule has 100 valence electrons. The maximum absolute atomic E-state index is 3.60. The van der Waals surface area contributed by atoms with Crippen molar-refractivity contribution in [2.75, 3.05) is 0 Å². The first-order chi connectivity index (χ1) is 8.99. The normalized spacial score (nSPS) is 12.4. The summed E-state index contributed by atoms with van der Waals surface area (Å²) >= 11 is 0. The summed E-state index contributed by atoms with van der Waals surface area (Å²) in [4.78, 5) is 3.60. The van der Waals surface area contributed by atoms with Gasteiger partial charge in [0.2, 0.25) is 0 Å². The highest BCUT2D eigenvalue weighted by Gasteiger charge is 2.13. The summed E-state index contributed by atoms with van der Waals surface area (Å²) in [6.45, 7) is 8.96. The monoisotopic (exact) mass is 254 g/mol. The van der Waals surface area contributed by atoms with Crippen LogP contribution in [0.25, 0.3) is 21.8 Å². The quantitative estimate of drug-likeness (QED) is 0.671. The Morgan fingerprint density at radius 3 is 2.37 bits per heavy atom. The number of aryl methyl sites for hydroxylation is 1. The minimum atomic E-state index is 0.538. The van der Waals surface area contributed by atoms with E-state index in [0.717, 1.165) is 0 Å². The number of nitrogens with one attached hydrogen (secondary N) is 1. The van der Waals surface area contributed by atoms with Gasteiger partial charge in [-0.1, -0.05) is 33.8 Å². The molecule has 0 saturated heterocycles. The average Bonchev–Trinajstić information content (AvgIpc) is 2.90. The molecule has 1 N–H and O–H groups in total. The van der Waals surface area contributed by atoms with Gasteiger partial charge in [0, 0.05) is 29.2 Å². The lowest BCUT2D eigenvalue weighted by Gasteiger charge is -2.06. The molecule has 1 aromatic carbocycles. The summed E-state index contributed by atoms with van der Waals surface area (Å²) in [6, 6.07) is 9.08. The van der Waals surface area contributed by atoms with Gasteiger partial charge < -0.3 is 9.55 Å². The van der Waals surface area contributed by atoms with Crippen molar-refractivity contribution in [1.82, 2.24) is 9.55 Å². The Balaban J connectivity index is 2.36. The third-order valence-corrected chi connectivity index (χ3v) is 4.09. The fourth-order valence-electron chi connectivity index (χ4n) is 2.92. The van der Waals surface area contributed by atoms with Gasteiger partial charge in [-0.05, 0) is 30.0 Å². The summed E-state index contributed by atoms with van der Waals surface area (Å²) < 4.78 is 2.31. The first-order valence-corrected chi connectivity index (χ1v) is 7.10. The highest BCUT2D eigenvalue weighted by Crippen LogP contribution is 2.31. The minimum absolute atomic E-state index is 0.538. The van der Waals surface area contributed by atoms with Gasteiger partial charge in [0.25, 0.3) is 0 Å². The van der Waals surface area contributed by atoms with Crippen LogP contribution in [0.5, 0.6) is 0 Å². The van der Waals surface area contributed by atoms with Gasteiger partial charge in [-0.25, -0.2) is 0 Å². The maximum atomic E-state index is 3.60. The van der Waals surface area contributed by atoms with E-state index < -0.39 is 0 Å². The average molecular weight is 254 g/mol. The molecular weight excluding hydrogens is 232 g/mol. The van der Waals surface area contributed by atoms with E-state index in [1.807, 2.05) is 0 Å². The zero-order valence-corrected chi connectivity index (χ0v) is 12.4. The molecule has 0 saturated carbocycles. The van der Waals surface area contributed by atoms with Crippen LogP contribution >= 0.6 is 0 Å². The van der Waals surface area contributed by atoms with Crippen molar-refractivity contribution in [1.29, 1.82) is 0 Å². The topological polar surface area (TPSA) is 20.7 Å². The van der Waals surface area contributed by atoms with Crippen molar-refractivity contribution < 1.29 is 0 Å². The number of hydrogen-bond donors (Lipinski definition) is 1. The minimum Gasteiger partial charge on any atom is -0.358 e.